The molecule has 0 atom stereocenters. The van der Waals surface area contributed by atoms with Gasteiger partial charge in [-0.1, -0.05) is 54.5 Å². The fraction of sp³-hybridized carbons (Fsp3) is 0.467. The third-order valence-corrected chi connectivity index (χ3v) is 7.42. The molecule has 4 nitrogen and oxygen atoms in total. The first kappa shape index (κ1) is 23.9. The zero-order valence-corrected chi connectivity index (χ0v) is 21.5. The summed E-state index contributed by atoms with van der Waals surface area (Å²) in [5, 5.41) is 18.8. The van der Waals surface area contributed by atoms with Crippen LogP contribution in [0.25, 0.3) is 6.08 Å². The summed E-state index contributed by atoms with van der Waals surface area (Å²) in [6, 6.07) is 8.69. The van der Waals surface area contributed by atoms with Crippen LogP contribution in [0.4, 0.5) is 5.69 Å². The number of hydrogen-bond donors (Lipinski definition) is 0. The highest BCUT2D eigenvalue weighted by Gasteiger charge is 2.39. The molecule has 0 N–H and O–H groups in total. The van der Waals surface area contributed by atoms with Gasteiger partial charge in [0.1, 0.15) is 29.2 Å². The molecule has 0 aliphatic carbocycles. The first-order valence-corrected chi connectivity index (χ1v) is 12.1. The van der Waals surface area contributed by atoms with E-state index in [0.717, 1.165) is 37.3 Å². The van der Waals surface area contributed by atoms with Crippen molar-refractivity contribution in [1.82, 2.24) is 0 Å². The molecule has 3 aliphatic heterocycles. The van der Waals surface area contributed by atoms with Gasteiger partial charge in [-0.25, -0.2) is 0 Å². The van der Waals surface area contributed by atoms with E-state index in [1.807, 2.05) is 24.3 Å². The molecule has 0 fully saturated rings. The smallest absolute Gasteiger partial charge is 0.137 e. The van der Waals surface area contributed by atoms with Gasteiger partial charge >= 0.3 is 0 Å². The number of allylic oxidation sites excluding steroid dienone is 6. The van der Waals surface area contributed by atoms with Gasteiger partial charge < -0.3 is 9.64 Å². The zero-order chi connectivity index (χ0) is 24.9. The average Bonchev–Trinajstić information content (AvgIpc) is 2.76. The lowest BCUT2D eigenvalue weighted by atomic mass is 9.69. The minimum atomic E-state index is -0.248. The summed E-state index contributed by atoms with van der Waals surface area (Å²) in [5.41, 5.74) is 6.15. The summed E-state index contributed by atoms with van der Waals surface area (Å²) >= 11 is 0. The highest BCUT2D eigenvalue weighted by molar-refractivity contribution is 5.72. The Hall–Kier alpha value is -3.24. The lowest BCUT2D eigenvalue weighted by Gasteiger charge is -2.48. The molecular formula is C30H35N3O. The van der Waals surface area contributed by atoms with Gasteiger partial charge in [-0.15, -0.1) is 0 Å². The van der Waals surface area contributed by atoms with Gasteiger partial charge in [0, 0.05) is 29.8 Å². The predicted octanol–water partition coefficient (Wildman–Crippen LogP) is 7.06. The fourth-order valence-electron chi connectivity index (χ4n) is 5.01. The van der Waals surface area contributed by atoms with E-state index in [9.17, 15) is 10.5 Å². The lowest BCUT2D eigenvalue weighted by Crippen LogP contribution is -2.44. The number of anilines is 1. The maximum atomic E-state index is 9.41. The van der Waals surface area contributed by atoms with Crippen molar-refractivity contribution in [3.8, 4) is 12.1 Å². The third-order valence-electron chi connectivity index (χ3n) is 7.42. The first-order chi connectivity index (χ1) is 15.9. The molecule has 0 saturated heterocycles. The van der Waals surface area contributed by atoms with Gasteiger partial charge in [0.15, 0.2) is 0 Å². The highest BCUT2D eigenvalue weighted by atomic mass is 16.5. The molecule has 1 aromatic rings. The second kappa shape index (κ2) is 8.21. The normalized spacial score (nSPS) is 20.5. The Morgan fingerprint density at radius 1 is 0.941 bits per heavy atom. The van der Waals surface area contributed by atoms with Crippen molar-refractivity contribution in [2.24, 2.45) is 5.41 Å². The Kier molecular flexibility index (Phi) is 5.77. The largest absolute Gasteiger partial charge is 0.461 e. The molecular weight excluding hydrogens is 418 g/mol. The Bertz CT molecular complexity index is 1180. The average molecular weight is 454 g/mol. The molecule has 0 spiro atoms. The number of rotatable bonds is 2. The minimum absolute atomic E-state index is 0.0951. The van der Waals surface area contributed by atoms with Crippen molar-refractivity contribution in [3.63, 3.8) is 0 Å². The molecule has 0 radical (unpaired) electrons. The van der Waals surface area contributed by atoms with Gasteiger partial charge in [0.25, 0.3) is 0 Å². The van der Waals surface area contributed by atoms with Crippen LogP contribution in [-0.2, 0) is 15.6 Å². The van der Waals surface area contributed by atoms with Crippen LogP contribution in [-0.4, -0.2) is 13.1 Å². The second-order valence-corrected chi connectivity index (χ2v) is 12.0. The highest BCUT2D eigenvalue weighted by Crippen LogP contribution is 2.49. The molecule has 3 heterocycles. The number of ether oxygens (including phenoxy) is 1. The van der Waals surface area contributed by atoms with Gasteiger partial charge in [0.2, 0.25) is 0 Å². The summed E-state index contributed by atoms with van der Waals surface area (Å²) in [6.07, 6.45) is 9.96. The van der Waals surface area contributed by atoms with Crippen molar-refractivity contribution < 1.29 is 4.74 Å². The first-order valence-electron chi connectivity index (χ1n) is 12.1. The van der Waals surface area contributed by atoms with E-state index in [-0.39, 0.29) is 21.8 Å². The van der Waals surface area contributed by atoms with Crippen LogP contribution in [0.2, 0.25) is 0 Å². The van der Waals surface area contributed by atoms with Gasteiger partial charge in [0.05, 0.1) is 0 Å². The Balaban J connectivity index is 1.79. The standard InChI is InChI=1S/C30H35N3O/c1-28(2,3)26-17-21(22(18-31)19-32)16-23(34-26)9-8-20-14-24-27-25(15-20)30(6,7)11-13-33(27)12-10-29(24,4)5/h8-9,14-17H,10-13H2,1-7H3/b9-8+. The van der Waals surface area contributed by atoms with E-state index < -0.39 is 0 Å². The monoisotopic (exact) mass is 453 g/mol. The van der Waals surface area contributed by atoms with E-state index in [4.69, 9.17) is 4.74 Å². The van der Waals surface area contributed by atoms with Crippen molar-refractivity contribution in [3.05, 3.63) is 69.7 Å². The molecule has 3 aliphatic rings. The summed E-state index contributed by atoms with van der Waals surface area (Å²) in [5.74, 6) is 1.38. The Labute approximate surface area is 204 Å². The molecule has 34 heavy (non-hydrogen) atoms. The van der Waals surface area contributed by atoms with Crippen molar-refractivity contribution in [1.29, 1.82) is 10.5 Å². The van der Waals surface area contributed by atoms with Crippen LogP contribution in [0.3, 0.4) is 0 Å². The van der Waals surface area contributed by atoms with E-state index in [1.165, 1.54) is 16.8 Å². The fourth-order valence-corrected chi connectivity index (χ4v) is 5.01. The van der Waals surface area contributed by atoms with Crippen LogP contribution in [0.5, 0.6) is 0 Å². The minimum Gasteiger partial charge on any atom is -0.461 e. The summed E-state index contributed by atoms with van der Waals surface area (Å²) in [7, 11) is 0. The molecule has 4 rings (SSSR count). The van der Waals surface area contributed by atoms with Crippen LogP contribution in [0.1, 0.15) is 78.0 Å². The van der Waals surface area contributed by atoms with Crippen LogP contribution >= 0.6 is 0 Å². The third kappa shape index (κ3) is 4.30. The topological polar surface area (TPSA) is 60.0 Å². The number of hydrogen-bond acceptors (Lipinski definition) is 4. The van der Waals surface area contributed by atoms with Crippen molar-refractivity contribution >= 4 is 11.8 Å². The summed E-state index contributed by atoms with van der Waals surface area (Å²) in [4.78, 5) is 2.57. The van der Waals surface area contributed by atoms with Gasteiger partial charge in [-0.3, -0.25) is 0 Å². The summed E-state index contributed by atoms with van der Waals surface area (Å²) in [6.45, 7) is 17.8. The quantitative estimate of drug-likeness (QED) is 0.450. The molecule has 1 aromatic carbocycles. The SMILES string of the molecule is CC(C)(C)C1=CC(=C(C#N)C#N)C=C(/C=C/c2cc3c4c(c2)C(C)(C)CCN4CCC3(C)C)O1. The maximum absolute atomic E-state index is 9.41. The molecule has 4 heteroatoms. The Morgan fingerprint density at radius 2 is 1.50 bits per heavy atom. The van der Waals surface area contributed by atoms with Gasteiger partial charge in [-0.05, 0) is 70.7 Å². The lowest BCUT2D eigenvalue weighted by molar-refractivity contribution is 0.223. The summed E-state index contributed by atoms with van der Waals surface area (Å²) < 4.78 is 6.20. The maximum Gasteiger partial charge on any atom is 0.137 e. The van der Waals surface area contributed by atoms with Crippen molar-refractivity contribution in [2.75, 3.05) is 18.0 Å². The van der Waals surface area contributed by atoms with Gasteiger partial charge in [-0.2, -0.15) is 10.5 Å². The molecule has 0 unspecified atom stereocenters. The van der Waals surface area contributed by atoms with Crippen LogP contribution in [0.15, 0.2) is 53.0 Å². The van der Waals surface area contributed by atoms with E-state index in [0.29, 0.717) is 11.3 Å². The molecule has 0 saturated carbocycles. The molecule has 0 aromatic heterocycles. The van der Waals surface area contributed by atoms with E-state index in [2.05, 4.69) is 71.6 Å². The van der Waals surface area contributed by atoms with E-state index >= 15 is 0 Å². The number of benzene rings is 1. The molecule has 0 amide bonds. The number of nitriles is 2. The second-order valence-electron chi connectivity index (χ2n) is 12.0. The molecule has 0 bridgehead atoms. The predicted molar refractivity (Wildman–Crippen MR) is 138 cm³/mol. The number of nitrogens with zero attached hydrogens (tertiary/aromatic N) is 3. The Morgan fingerprint density at radius 3 is 2.00 bits per heavy atom. The van der Waals surface area contributed by atoms with E-state index in [1.54, 1.807) is 6.08 Å². The zero-order valence-electron chi connectivity index (χ0n) is 21.5. The molecule has 176 valence electrons. The van der Waals surface area contributed by atoms with Crippen LogP contribution in [0, 0.1) is 28.1 Å². The van der Waals surface area contributed by atoms with Crippen LogP contribution < -0.4 is 4.90 Å². The van der Waals surface area contributed by atoms with Crippen molar-refractivity contribution in [2.45, 2.75) is 72.1 Å².